The second-order valence-electron chi connectivity index (χ2n) is 9.35. The van der Waals surface area contributed by atoms with E-state index < -0.39 is 5.25 Å². The Morgan fingerprint density at radius 2 is 1.45 bits per heavy atom. The Labute approximate surface area is 250 Å². The third kappa shape index (κ3) is 6.75. The number of ether oxygens (including phenoxy) is 2. The van der Waals surface area contributed by atoms with E-state index in [0.29, 0.717) is 24.1 Å². The van der Waals surface area contributed by atoms with Crippen LogP contribution in [0.2, 0.25) is 0 Å². The summed E-state index contributed by atoms with van der Waals surface area (Å²) in [7, 11) is 1.64. The minimum atomic E-state index is -0.460. The van der Waals surface area contributed by atoms with E-state index in [2.05, 4.69) is 15.5 Å². The Morgan fingerprint density at radius 3 is 2.02 bits per heavy atom. The van der Waals surface area contributed by atoms with Crippen LogP contribution < -0.4 is 19.7 Å². The first kappa shape index (κ1) is 28.8. The fraction of sp³-hybridized carbons (Fsp3) is 0.182. The molecule has 0 radical (unpaired) electrons. The Bertz CT molecular complexity index is 1540. The molecule has 1 heterocycles. The molecule has 0 aliphatic heterocycles. The second kappa shape index (κ2) is 13.7. The van der Waals surface area contributed by atoms with Gasteiger partial charge in [0.05, 0.1) is 25.5 Å². The van der Waals surface area contributed by atoms with Gasteiger partial charge >= 0.3 is 0 Å². The SMILES string of the molecule is CCOc1ccc(NCc2nnc(S[C@@H](C)C(=O)N(c3ccccc3)c3ccccc3)n2-c2ccc(OC)cc2)cc1. The van der Waals surface area contributed by atoms with Crippen LogP contribution in [0.1, 0.15) is 19.7 Å². The number of amides is 1. The van der Waals surface area contributed by atoms with E-state index in [1.54, 1.807) is 12.0 Å². The molecule has 214 valence electrons. The Balaban J connectivity index is 1.42. The van der Waals surface area contributed by atoms with Gasteiger partial charge in [0, 0.05) is 22.7 Å². The summed E-state index contributed by atoms with van der Waals surface area (Å²) in [5.41, 5.74) is 3.41. The van der Waals surface area contributed by atoms with E-state index in [9.17, 15) is 4.79 Å². The molecule has 5 rings (SSSR count). The summed E-state index contributed by atoms with van der Waals surface area (Å²) in [5.74, 6) is 2.22. The number of carbonyl (C=O) groups is 1. The summed E-state index contributed by atoms with van der Waals surface area (Å²) in [6, 6.07) is 34.9. The quantitative estimate of drug-likeness (QED) is 0.157. The van der Waals surface area contributed by atoms with Gasteiger partial charge in [-0.3, -0.25) is 14.3 Å². The van der Waals surface area contributed by atoms with Crippen molar-refractivity contribution in [2.75, 3.05) is 23.9 Å². The van der Waals surface area contributed by atoms with Crippen LogP contribution in [-0.4, -0.2) is 39.6 Å². The molecule has 4 aromatic carbocycles. The molecule has 1 amide bonds. The third-order valence-corrected chi connectivity index (χ3v) is 7.56. The molecule has 0 bridgehead atoms. The fourth-order valence-electron chi connectivity index (χ4n) is 4.45. The summed E-state index contributed by atoms with van der Waals surface area (Å²) in [6.07, 6.45) is 0. The van der Waals surface area contributed by atoms with Crippen molar-refractivity contribution in [1.29, 1.82) is 0 Å². The molecule has 0 aliphatic carbocycles. The van der Waals surface area contributed by atoms with Crippen LogP contribution in [0, 0.1) is 0 Å². The van der Waals surface area contributed by atoms with E-state index in [1.165, 1.54) is 11.8 Å². The average molecular weight is 580 g/mol. The molecule has 0 saturated carbocycles. The summed E-state index contributed by atoms with van der Waals surface area (Å²) >= 11 is 1.37. The third-order valence-electron chi connectivity index (χ3n) is 6.53. The molecule has 8 nitrogen and oxygen atoms in total. The molecule has 42 heavy (non-hydrogen) atoms. The molecule has 5 aromatic rings. The number of anilines is 3. The lowest BCUT2D eigenvalue weighted by Gasteiger charge is -2.26. The average Bonchev–Trinajstić information content (AvgIpc) is 3.44. The maximum atomic E-state index is 14.0. The summed E-state index contributed by atoms with van der Waals surface area (Å²) in [4.78, 5) is 15.7. The second-order valence-corrected chi connectivity index (χ2v) is 10.7. The predicted molar refractivity (Wildman–Crippen MR) is 168 cm³/mol. The number of hydrogen-bond donors (Lipinski definition) is 1. The monoisotopic (exact) mass is 579 g/mol. The van der Waals surface area contributed by atoms with Gasteiger partial charge < -0.3 is 14.8 Å². The number of nitrogens with one attached hydrogen (secondary N) is 1. The van der Waals surface area contributed by atoms with Crippen molar-refractivity contribution in [2.45, 2.75) is 30.8 Å². The molecular weight excluding hydrogens is 546 g/mol. The maximum absolute atomic E-state index is 14.0. The van der Waals surface area contributed by atoms with Crippen molar-refractivity contribution in [3.63, 3.8) is 0 Å². The molecule has 0 fully saturated rings. The van der Waals surface area contributed by atoms with E-state index in [4.69, 9.17) is 9.47 Å². The Hall–Kier alpha value is -4.76. The van der Waals surface area contributed by atoms with Crippen molar-refractivity contribution in [1.82, 2.24) is 14.8 Å². The number of aromatic nitrogens is 3. The minimum absolute atomic E-state index is 0.0595. The van der Waals surface area contributed by atoms with Crippen molar-refractivity contribution in [3.05, 3.63) is 115 Å². The zero-order valence-corrected chi connectivity index (χ0v) is 24.6. The molecule has 1 atom stereocenters. The summed E-state index contributed by atoms with van der Waals surface area (Å²) in [5, 5.41) is 12.6. The normalized spacial score (nSPS) is 11.5. The van der Waals surface area contributed by atoms with Crippen molar-refractivity contribution >= 4 is 34.7 Å². The first-order valence-electron chi connectivity index (χ1n) is 13.7. The smallest absolute Gasteiger partial charge is 0.244 e. The number of nitrogens with zero attached hydrogens (tertiary/aromatic N) is 4. The maximum Gasteiger partial charge on any atom is 0.244 e. The highest BCUT2D eigenvalue weighted by atomic mass is 32.2. The standard InChI is InChI=1S/C33H33N5O3S/c1-4-41-30-19-15-25(16-20-30)34-23-31-35-36-33(38(31)28-17-21-29(40-3)22-18-28)42-24(2)32(39)37(26-11-7-5-8-12-26)27-13-9-6-10-14-27/h5-22,24,34H,4,23H2,1-3H3/t24-/m0/s1. The van der Waals surface area contributed by atoms with Gasteiger partial charge in [-0.25, -0.2) is 0 Å². The lowest BCUT2D eigenvalue weighted by Crippen LogP contribution is -2.33. The van der Waals surface area contributed by atoms with E-state index in [-0.39, 0.29) is 5.91 Å². The number of rotatable bonds is 12. The van der Waals surface area contributed by atoms with E-state index in [1.807, 2.05) is 128 Å². The molecule has 0 unspecified atom stereocenters. The number of thioether (sulfide) groups is 1. The number of methoxy groups -OCH3 is 1. The van der Waals surface area contributed by atoms with Crippen molar-refractivity contribution in [3.8, 4) is 17.2 Å². The first-order valence-corrected chi connectivity index (χ1v) is 14.6. The molecule has 0 spiro atoms. The highest BCUT2D eigenvalue weighted by Crippen LogP contribution is 2.32. The van der Waals surface area contributed by atoms with Crippen LogP contribution >= 0.6 is 11.8 Å². The summed E-state index contributed by atoms with van der Waals surface area (Å²) < 4.78 is 12.9. The van der Waals surface area contributed by atoms with Gasteiger partial charge in [-0.05, 0) is 86.6 Å². The van der Waals surface area contributed by atoms with Crippen LogP contribution in [0.5, 0.6) is 11.5 Å². The highest BCUT2D eigenvalue weighted by molar-refractivity contribution is 8.00. The van der Waals surface area contributed by atoms with Crippen LogP contribution in [0.25, 0.3) is 5.69 Å². The van der Waals surface area contributed by atoms with E-state index in [0.717, 1.165) is 34.2 Å². The van der Waals surface area contributed by atoms with Crippen LogP contribution in [0.3, 0.4) is 0 Å². The highest BCUT2D eigenvalue weighted by Gasteiger charge is 2.27. The Morgan fingerprint density at radius 1 is 0.857 bits per heavy atom. The lowest BCUT2D eigenvalue weighted by molar-refractivity contribution is -0.117. The predicted octanol–water partition coefficient (Wildman–Crippen LogP) is 7.13. The zero-order valence-electron chi connectivity index (χ0n) is 23.8. The fourth-order valence-corrected chi connectivity index (χ4v) is 5.37. The van der Waals surface area contributed by atoms with Gasteiger partial charge in [-0.15, -0.1) is 10.2 Å². The largest absolute Gasteiger partial charge is 0.497 e. The van der Waals surface area contributed by atoms with Crippen LogP contribution in [-0.2, 0) is 11.3 Å². The number of benzene rings is 4. The molecule has 0 aliphatic rings. The number of para-hydroxylation sites is 2. The number of carbonyl (C=O) groups excluding carboxylic acids is 1. The van der Waals surface area contributed by atoms with Gasteiger partial charge in [0.2, 0.25) is 5.91 Å². The molecule has 1 N–H and O–H groups in total. The molecular formula is C33H33N5O3S. The minimum Gasteiger partial charge on any atom is -0.497 e. The topological polar surface area (TPSA) is 81.5 Å². The van der Waals surface area contributed by atoms with Crippen LogP contribution in [0.4, 0.5) is 17.1 Å². The van der Waals surface area contributed by atoms with Gasteiger partial charge in [0.1, 0.15) is 11.5 Å². The molecule has 1 aromatic heterocycles. The van der Waals surface area contributed by atoms with Gasteiger partial charge in [0.25, 0.3) is 0 Å². The summed E-state index contributed by atoms with van der Waals surface area (Å²) in [6.45, 7) is 4.91. The van der Waals surface area contributed by atoms with Gasteiger partial charge in [-0.1, -0.05) is 48.2 Å². The lowest BCUT2D eigenvalue weighted by atomic mass is 10.2. The van der Waals surface area contributed by atoms with Crippen LogP contribution in [0.15, 0.2) is 114 Å². The van der Waals surface area contributed by atoms with Gasteiger partial charge in [0.15, 0.2) is 11.0 Å². The zero-order chi connectivity index (χ0) is 29.3. The van der Waals surface area contributed by atoms with Crippen molar-refractivity contribution in [2.24, 2.45) is 0 Å². The Kier molecular flexibility index (Phi) is 9.41. The first-order chi connectivity index (χ1) is 20.6. The van der Waals surface area contributed by atoms with E-state index >= 15 is 0 Å². The van der Waals surface area contributed by atoms with Crippen molar-refractivity contribution < 1.29 is 14.3 Å². The number of hydrogen-bond acceptors (Lipinski definition) is 7. The van der Waals surface area contributed by atoms with Gasteiger partial charge in [-0.2, -0.15) is 0 Å². The molecule has 0 saturated heterocycles. The molecule has 9 heteroatoms.